The topological polar surface area (TPSA) is 55.5 Å². The van der Waals surface area contributed by atoms with Crippen molar-refractivity contribution in [3.05, 3.63) is 11.6 Å². The van der Waals surface area contributed by atoms with E-state index in [0.29, 0.717) is 10.8 Å². The van der Waals surface area contributed by atoms with E-state index in [9.17, 15) is 5.11 Å². The van der Waals surface area contributed by atoms with Gasteiger partial charge in [0, 0.05) is 0 Å². The van der Waals surface area contributed by atoms with E-state index in [1.165, 1.54) is 57.8 Å². The summed E-state index contributed by atoms with van der Waals surface area (Å²) in [6, 6.07) is 0. The Morgan fingerprint density at radius 2 is 1.84 bits per heavy atom. The summed E-state index contributed by atoms with van der Waals surface area (Å²) >= 11 is 0. The van der Waals surface area contributed by atoms with Gasteiger partial charge in [-0.3, -0.25) is 5.73 Å². The Balaban J connectivity index is 1.46. The van der Waals surface area contributed by atoms with Crippen LogP contribution < -0.4 is 5.73 Å². The standard InChI is InChI=1S/C28H49NO2/c1-18(2)7-6-8-19(3)23-11-12-24-22-10-9-20-17-21(31-26(29)30)13-15-27(20,4)25(22)14-16-28(23,24)5/h9,18-19,21-26,30H,6-8,10-17,29H2,1-5H3/t19-,21+,22+,23-,24+,25+,26?,27+,28-/m1/s1. The summed E-state index contributed by atoms with van der Waals surface area (Å²) in [6.45, 7) is 12.5. The molecule has 3 heteroatoms. The summed E-state index contributed by atoms with van der Waals surface area (Å²) in [6.07, 6.45) is 16.0. The Labute approximate surface area is 191 Å². The molecule has 1 unspecified atom stereocenters. The molecule has 9 atom stereocenters. The molecule has 0 aliphatic heterocycles. The van der Waals surface area contributed by atoms with Crippen molar-refractivity contribution < 1.29 is 9.84 Å². The van der Waals surface area contributed by atoms with Gasteiger partial charge in [0.25, 0.3) is 0 Å². The molecule has 0 aromatic carbocycles. The first-order chi connectivity index (χ1) is 14.6. The van der Waals surface area contributed by atoms with Crippen molar-refractivity contribution in [3.63, 3.8) is 0 Å². The highest BCUT2D eigenvalue weighted by Crippen LogP contribution is 2.67. The van der Waals surface area contributed by atoms with Crippen LogP contribution >= 0.6 is 0 Å². The summed E-state index contributed by atoms with van der Waals surface area (Å²) in [5, 5.41) is 9.47. The van der Waals surface area contributed by atoms with E-state index < -0.39 is 6.41 Å². The molecule has 4 aliphatic rings. The molecule has 0 saturated heterocycles. The third-order valence-electron chi connectivity index (χ3n) is 10.6. The molecule has 31 heavy (non-hydrogen) atoms. The SMILES string of the molecule is CC(C)CCC[C@@H](C)[C@H]1CC[C@H]2[C@@H]3CC=C4C[C@@H](OC(N)O)CC[C@]4(C)[C@H]3CC[C@]12C. The molecule has 3 N–H and O–H groups in total. The minimum absolute atomic E-state index is 0.0901. The van der Waals surface area contributed by atoms with Gasteiger partial charge in [0.15, 0.2) is 0 Å². The molecule has 3 fully saturated rings. The highest BCUT2D eigenvalue weighted by atomic mass is 16.6. The highest BCUT2D eigenvalue weighted by molar-refractivity contribution is 5.25. The number of allylic oxidation sites excluding steroid dienone is 1. The van der Waals surface area contributed by atoms with Crippen molar-refractivity contribution in [1.82, 2.24) is 0 Å². The third kappa shape index (κ3) is 4.41. The van der Waals surface area contributed by atoms with Crippen molar-refractivity contribution in [2.75, 3.05) is 0 Å². The second-order valence-electron chi connectivity index (χ2n) is 12.7. The summed E-state index contributed by atoms with van der Waals surface area (Å²) in [7, 11) is 0. The Morgan fingerprint density at radius 3 is 2.55 bits per heavy atom. The van der Waals surface area contributed by atoms with Crippen molar-refractivity contribution >= 4 is 0 Å². The lowest BCUT2D eigenvalue weighted by atomic mass is 9.47. The van der Waals surface area contributed by atoms with E-state index in [-0.39, 0.29) is 6.10 Å². The number of aliphatic hydroxyl groups is 1. The average molecular weight is 432 g/mol. The van der Waals surface area contributed by atoms with E-state index >= 15 is 0 Å². The fourth-order valence-electron chi connectivity index (χ4n) is 8.97. The maximum Gasteiger partial charge on any atom is 0.211 e. The van der Waals surface area contributed by atoms with E-state index in [4.69, 9.17) is 10.5 Å². The molecule has 0 aromatic heterocycles. The number of aliphatic hydroxyl groups excluding tert-OH is 1. The summed E-state index contributed by atoms with van der Waals surface area (Å²) in [5.74, 6) is 5.28. The highest BCUT2D eigenvalue weighted by Gasteiger charge is 2.59. The zero-order chi connectivity index (χ0) is 22.4. The summed E-state index contributed by atoms with van der Waals surface area (Å²) in [5.41, 5.74) is 8.00. The van der Waals surface area contributed by atoms with Crippen LogP contribution in [0.4, 0.5) is 0 Å². The van der Waals surface area contributed by atoms with Crippen LogP contribution in [0.1, 0.15) is 105 Å². The molecule has 4 rings (SSSR count). The Kier molecular flexibility index (Phi) is 6.98. The van der Waals surface area contributed by atoms with Crippen molar-refractivity contribution in [3.8, 4) is 0 Å². The quantitative estimate of drug-likeness (QED) is 0.350. The Morgan fingerprint density at radius 1 is 1.06 bits per heavy atom. The first kappa shape index (κ1) is 23.8. The minimum atomic E-state index is -1.14. The average Bonchev–Trinajstić information content (AvgIpc) is 3.05. The number of fused-ring (bicyclic) bond motifs is 5. The van der Waals surface area contributed by atoms with Crippen LogP contribution in [0.3, 0.4) is 0 Å². The molecule has 0 radical (unpaired) electrons. The molecule has 4 aliphatic carbocycles. The van der Waals surface area contributed by atoms with Crippen LogP contribution in [0.15, 0.2) is 11.6 Å². The lowest BCUT2D eigenvalue weighted by Gasteiger charge is -2.58. The van der Waals surface area contributed by atoms with Gasteiger partial charge in [0.2, 0.25) is 6.41 Å². The second-order valence-corrected chi connectivity index (χ2v) is 12.7. The molecule has 0 heterocycles. The largest absolute Gasteiger partial charge is 0.356 e. The molecule has 178 valence electrons. The van der Waals surface area contributed by atoms with Gasteiger partial charge in [-0.2, -0.15) is 0 Å². The predicted octanol–water partition coefficient (Wildman–Crippen LogP) is 6.65. The van der Waals surface area contributed by atoms with Crippen molar-refractivity contribution in [1.29, 1.82) is 0 Å². The maximum absolute atomic E-state index is 9.47. The fraction of sp³-hybridized carbons (Fsp3) is 0.929. The predicted molar refractivity (Wildman–Crippen MR) is 128 cm³/mol. The summed E-state index contributed by atoms with van der Waals surface area (Å²) in [4.78, 5) is 0. The van der Waals surface area contributed by atoms with Crippen molar-refractivity contribution in [2.45, 2.75) is 118 Å². The molecule has 0 bridgehead atoms. The zero-order valence-corrected chi connectivity index (χ0v) is 20.9. The van der Waals surface area contributed by atoms with E-state index in [2.05, 4.69) is 40.7 Å². The lowest BCUT2D eigenvalue weighted by molar-refractivity contribution is -0.145. The van der Waals surface area contributed by atoms with E-state index in [1.807, 2.05) is 0 Å². The number of rotatable bonds is 7. The fourth-order valence-corrected chi connectivity index (χ4v) is 8.97. The van der Waals surface area contributed by atoms with Crippen LogP contribution in [0, 0.1) is 46.3 Å². The van der Waals surface area contributed by atoms with Gasteiger partial charge in [0.1, 0.15) is 0 Å². The van der Waals surface area contributed by atoms with Crippen LogP contribution in [0.5, 0.6) is 0 Å². The first-order valence-corrected chi connectivity index (χ1v) is 13.4. The van der Waals surface area contributed by atoms with E-state index in [0.717, 1.165) is 48.3 Å². The molecular weight excluding hydrogens is 382 g/mol. The van der Waals surface area contributed by atoms with Gasteiger partial charge >= 0.3 is 0 Å². The van der Waals surface area contributed by atoms with Crippen molar-refractivity contribution in [2.24, 2.45) is 52.1 Å². The van der Waals surface area contributed by atoms with Crippen LogP contribution in [0.25, 0.3) is 0 Å². The number of ether oxygens (including phenoxy) is 1. The molecule has 3 nitrogen and oxygen atoms in total. The normalized spacial score (nSPS) is 44.3. The molecule has 0 spiro atoms. The van der Waals surface area contributed by atoms with Gasteiger partial charge in [-0.1, -0.05) is 65.5 Å². The zero-order valence-electron chi connectivity index (χ0n) is 20.9. The minimum Gasteiger partial charge on any atom is -0.356 e. The Hall–Kier alpha value is -0.380. The first-order valence-electron chi connectivity index (χ1n) is 13.4. The summed E-state index contributed by atoms with van der Waals surface area (Å²) < 4.78 is 5.59. The van der Waals surface area contributed by atoms with Gasteiger partial charge in [-0.05, 0) is 97.7 Å². The van der Waals surface area contributed by atoms with E-state index in [1.54, 1.807) is 5.57 Å². The maximum atomic E-state index is 9.47. The molecule has 3 saturated carbocycles. The second kappa shape index (κ2) is 9.11. The van der Waals surface area contributed by atoms with Gasteiger partial charge < -0.3 is 9.84 Å². The van der Waals surface area contributed by atoms with Gasteiger partial charge in [0.05, 0.1) is 6.10 Å². The lowest BCUT2D eigenvalue weighted by Crippen LogP contribution is -2.51. The molecular formula is C28H49NO2. The van der Waals surface area contributed by atoms with Crippen LogP contribution in [-0.4, -0.2) is 17.6 Å². The number of hydrogen-bond donors (Lipinski definition) is 2. The Bertz CT molecular complexity index is 657. The van der Waals surface area contributed by atoms with Crippen LogP contribution in [0.2, 0.25) is 0 Å². The number of hydrogen-bond acceptors (Lipinski definition) is 3. The smallest absolute Gasteiger partial charge is 0.211 e. The monoisotopic (exact) mass is 431 g/mol. The molecule has 0 amide bonds. The van der Waals surface area contributed by atoms with Gasteiger partial charge in [-0.15, -0.1) is 0 Å². The van der Waals surface area contributed by atoms with Gasteiger partial charge in [-0.25, -0.2) is 0 Å². The number of nitrogens with two attached hydrogens (primary N) is 1. The third-order valence-corrected chi connectivity index (χ3v) is 10.6. The van der Waals surface area contributed by atoms with Crippen LogP contribution in [-0.2, 0) is 4.74 Å². The molecule has 0 aromatic rings.